The fourth-order valence-electron chi connectivity index (χ4n) is 2.55. The Hall–Kier alpha value is -2.86. The van der Waals surface area contributed by atoms with Crippen LogP contribution in [-0.2, 0) is 14.3 Å². The first kappa shape index (κ1) is 18.9. The predicted molar refractivity (Wildman–Crippen MR) is 109 cm³/mol. The summed E-state index contributed by atoms with van der Waals surface area (Å²) in [5.74, 6) is -0.547. The molecule has 0 aromatic heterocycles. The predicted octanol–water partition coefficient (Wildman–Crippen LogP) is 4.12. The van der Waals surface area contributed by atoms with Gasteiger partial charge >= 0.3 is 5.97 Å². The minimum Gasteiger partial charge on any atom is -0.465 e. The van der Waals surface area contributed by atoms with Gasteiger partial charge in [0.1, 0.15) is 10.9 Å². The van der Waals surface area contributed by atoms with Crippen molar-refractivity contribution in [1.82, 2.24) is 0 Å². The van der Waals surface area contributed by atoms with Crippen molar-refractivity contribution < 1.29 is 14.3 Å². The third-order valence-corrected chi connectivity index (χ3v) is 4.88. The van der Waals surface area contributed by atoms with Crippen molar-refractivity contribution >= 4 is 40.6 Å². The Kier molecular flexibility index (Phi) is 6.08. The number of thioether (sulfide) groups is 1. The monoisotopic (exact) mass is 380 g/mol. The average molecular weight is 380 g/mol. The van der Waals surface area contributed by atoms with E-state index in [1.165, 1.54) is 16.7 Å². The molecule has 1 heterocycles. The number of ether oxygens (including phenoxy) is 1. The molecule has 0 N–H and O–H groups in total. The molecular weight excluding hydrogens is 360 g/mol. The molecule has 0 bridgehead atoms. The van der Waals surface area contributed by atoms with Crippen LogP contribution in [0.5, 0.6) is 0 Å². The number of nitrogens with zero attached hydrogens (tertiary/aromatic N) is 2. The number of amides is 1. The van der Waals surface area contributed by atoms with Crippen molar-refractivity contribution in [2.24, 2.45) is 4.99 Å². The number of hydrogen-bond donors (Lipinski definition) is 0. The minimum atomic E-state index is -0.473. The largest absolute Gasteiger partial charge is 0.465 e. The highest BCUT2D eigenvalue weighted by Gasteiger charge is 2.34. The van der Waals surface area contributed by atoms with E-state index in [1.54, 1.807) is 19.9 Å². The van der Waals surface area contributed by atoms with E-state index in [2.05, 4.69) is 4.99 Å². The fraction of sp³-hybridized carbons (Fsp3) is 0.190. The highest BCUT2D eigenvalue weighted by atomic mass is 32.2. The molecule has 2 aromatic carbocycles. The molecule has 0 saturated heterocycles. The van der Waals surface area contributed by atoms with E-state index in [1.807, 2.05) is 60.7 Å². The highest BCUT2D eigenvalue weighted by molar-refractivity contribution is 8.15. The number of para-hydroxylation sites is 1. The van der Waals surface area contributed by atoms with E-state index in [0.717, 1.165) is 5.56 Å². The molecular formula is C21H20N2O3S. The first-order valence-electron chi connectivity index (χ1n) is 8.68. The SMILES string of the molecule is CCOC(=O)[C@@H](C)SC1=N/C(=C\c2ccccc2)C(=O)N1c1ccccc1. The number of carbonyl (C=O) groups is 2. The number of benzene rings is 2. The molecule has 0 unspecified atom stereocenters. The van der Waals surface area contributed by atoms with Crippen LogP contribution in [0.2, 0.25) is 0 Å². The fourth-order valence-corrected chi connectivity index (χ4v) is 3.48. The summed E-state index contributed by atoms with van der Waals surface area (Å²) in [5.41, 5.74) is 1.94. The first-order valence-corrected chi connectivity index (χ1v) is 9.56. The van der Waals surface area contributed by atoms with Crippen LogP contribution in [0.4, 0.5) is 5.69 Å². The Bertz CT molecular complexity index is 879. The van der Waals surface area contributed by atoms with Crippen molar-refractivity contribution in [3.05, 3.63) is 71.9 Å². The van der Waals surface area contributed by atoms with Crippen LogP contribution in [0, 0.1) is 0 Å². The number of hydrogen-bond acceptors (Lipinski definition) is 5. The number of aliphatic imine (C=N–C) groups is 1. The molecule has 0 aliphatic carbocycles. The van der Waals surface area contributed by atoms with Gasteiger partial charge in [-0.15, -0.1) is 0 Å². The zero-order chi connectivity index (χ0) is 19.2. The zero-order valence-corrected chi connectivity index (χ0v) is 16.0. The van der Waals surface area contributed by atoms with Crippen LogP contribution in [-0.4, -0.2) is 28.9 Å². The lowest BCUT2D eigenvalue weighted by molar-refractivity contribution is -0.142. The molecule has 0 radical (unpaired) electrons. The van der Waals surface area contributed by atoms with Crippen molar-refractivity contribution in [3.8, 4) is 0 Å². The lowest BCUT2D eigenvalue weighted by Crippen LogP contribution is -2.32. The van der Waals surface area contributed by atoms with Crippen molar-refractivity contribution in [3.63, 3.8) is 0 Å². The molecule has 138 valence electrons. The maximum atomic E-state index is 13.0. The van der Waals surface area contributed by atoms with Gasteiger partial charge in [0.15, 0.2) is 5.17 Å². The third-order valence-electron chi connectivity index (χ3n) is 3.85. The molecule has 3 rings (SSSR count). The summed E-state index contributed by atoms with van der Waals surface area (Å²) in [6, 6.07) is 18.8. The van der Waals surface area contributed by atoms with Gasteiger partial charge in [0, 0.05) is 0 Å². The van der Waals surface area contributed by atoms with Gasteiger partial charge in [-0.1, -0.05) is 60.3 Å². The maximum absolute atomic E-state index is 13.0. The number of rotatable bonds is 5. The molecule has 1 amide bonds. The van der Waals surface area contributed by atoms with Gasteiger partial charge in [0.05, 0.1) is 12.3 Å². The van der Waals surface area contributed by atoms with Gasteiger partial charge in [0.2, 0.25) is 0 Å². The summed E-state index contributed by atoms with van der Waals surface area (Å²) >= 11 is 1.22. The summed E-state index contributed by atoms with van der Waals surface area (Å²) in [7, 11) is 0. The van der Waals surface area contributed by atoms with Crippen molar-refractivity contribution in [2.75, 3.05) is 11.5 Å². The van der Waals surface area contributed by atoms with Gasteiger partial charge in [-0.25, -0.2) is 4.99 Å². The van der Waals surface area contributed by atoms with Crippen LogP contribution in [0.15, 0.2) is 71.4 Å². The normalized spacial score (nSPS) is 16.4. The van der Waals surface area contributed by atoms with E-state index in [-0.39, 0.29) is 11.9 Å². The average Bonchev–Trinajstić information content (AvgIpc) is 2.98. The number of esters is 1. The van der Waals surface area contributed by atoms with E-state index in [4.69, 9.17) is 4.74 Å². The molecule has 1 atom stereocenters. The molecule has 0 spiro atoms. The standard InChI is InChI=1S/C21H20N2O3S/c1-3-26-20(25)15(2)27-21-22-18(14-16-10-6-4-7-11-16)19(24)23(21)17-12-8-5-9-13-17/h4-15H,3H2,1-2H3/b18-14-/t15-/m1/s1. The van der Waals surface area contributed by atoms with Crippen LogP contribution in [0.1, 0.15) is 19.4 Å². The lowest BCUT2D eigenvalue weighted by Gasteiger charge is -2.19. The number of amidine groups is 1. The Morgan fingerprint density at radius 1 is 1.15 bits per heavy atom. The third kappa shape index (κ3) is 4.46. The molecule has 0 saturated carbocycles. The topological polar surface area (TPSA) is 59.0 Å². The van der Waals surface area contributed by atoms with Crippen LogP contribution < -0.4 is 4.90 Å². The second-order valence-corrected chi connectivity index (χ2v) is 7.13. The molecule has 5 nitrogen and oxygen atoms in total. The summed E-state index contributed by atoms with van der Waals surface area (Å²) in [4.78, 5) is 31.1. The van der Waals surface area contributed by atoms with Crippen LogP contribution >= 0.6 is 11.8 Å². The van der Waals surface area contributed by atoms with Crippen molar-refractivity contribution in [1.29, 1.82) is 0 Å². The molecule has 6 heteroatoms. The van der Waals surface area contributed by atoms with E-state index in [0.29, 0.717) is 23.2 Å². The van der Waals surface area contributed by atoms with Crippen LogP contribution in [0.3, 0.4) is 0 Å². The Labute approximate surface area is 162 Å². The second kappa shape index (κ2) is 8.68. The second-order valence-electron chi connectivity index (χ2n) is 5.82. The van der Waals surface area contributed by atoms with Gasteiger partial charge in [-0.2, -0.15) is 0 Å². The maximum Gasteiger partial charge on any atom is 0.319 e. The first-order chi connectivity index (χ1) is 13.1. The van der Waals surface area contributed by atoms with E-state index < -0.39 is 5.25 Å². The molecule has 1 aliphatic heterocycles. The summed E-state index contributed by atoms with van der Waals surface area (Å²) in [6.45, 7) is 3.83. The molecule has 2 aromatic rings. The van der Waals surface area contributed by atoms with Gasteiger partial charge in [-0.05, 0) is 37.6 Å². The minimum absolute atomic E-state index is 0.219. The van der Waals surface area contributed by atoms with Crippen molar-refractivity contribution in [2.45, 2.75) is 19.1 Å². The van der Waals surface area contributed by atoms with Crippen LogP contribution in [0.25, 0.3) is 6.08 Å². The number of anilines is 1. The summed E-state index contributed by atoms with van der Waals surface area (Å²) in [5, 5.41) is -0.00674. The quantitative estimate of drug-likeness (QED) is 0.578. The lowest BCUT2D eigenvalue weighted by atomic mass is 10.2. The Morgan fingerprint density at radius 2 is 1.78 bits per heavy atom. The Morgan fingerprint density at radius 3 is 2.41 bits per heavy atom. The summed E-state index contributed by atoms with van der Waals surface area (Å²) < 4.78 is 5.07. The van der Waals surface area contributed by atoms with E-state index >= 15 is 0 Å². The molecule has 1 aliphatic rings. The summed E-state index contributed by atoms with van der Waals surface area (Å²) in [6.07, 6.45) is 1.75. The van der Waals surface area contributed by atoms with Gasteiger partial charge in [0.25, 0.3) is 5.91 Å². The highest BCUT2D eigenvalue weighted by Crippen LogP contribution is 2.31. The molecule has 27 heavy (non-hydrogen) atoms. The smallest absolute Gasteiger partial charge is 0.319 e. The number of carbonyl (C=O) groups excluding carboxylic acids is 2. The Balaban J connectivity index is 1.94. The van der Waals surface area contributed by atoms with E-state index in [9.17, 15) is 9.59 Å². The zero-order valence-electron chi connectivity index (χ0n) is 15.2. The van der Waals surface area contributed by atoms with Gasteiger partial charge < -0.3 is 4.74 Å². The molecule has 0 fully saturated rings. The van der Waals surface area contributed by atoms with Gasteiger partial charge in [-0.3, -0.25) is 14.5 Å².